The van der Waals surface area contributed by atoms with E-state index in [4.69, 9.17) is 18.9 Å². The first kappa shape index (κ1) is 41.2. The molecular weight excluding hydrogens is 689 g/mol. The predicted molar refractivity (Wildman–Crippen MR) is 177 cm³/mol. The second-order valence-electron chi connectivity index (χ2n) is 17.1. The lowest BCUT2D eigenvalue weighted by atomic mass is 9.38. The summed E-state index contributed by atoms with van der Waals surface area (Å²) in [7, 11) is 0. The summed E-state index contributed by atoms with van der Waals surface area (Å²) in [6.07, 6.45) is -6.52. The van der Waals surface area contributed by atoms with Gasteiger partial charge in [0.1, 0.15) is 17.5 Å². The van der Waals surface area contributed by atoms with Gasteiger partial charge in [-0.1, -0.05) is 32.4 Å². The van der Waals surface area contributed by atoms with Crippen molar-refractivity contribution >= 4 is 41.2 Å². The van der Waals surface area contributed by atoms with Crippen molar-refractivity contribution in [2.75, 3.05) is 0 Å². The van der Waals surface area contributed by atoms with E-state index in [-0.39, 0.29) is 43.7 Å². The number of carbonyl (C=O) groups is 7. The molecule has 3 saturated carbocycles. The summed E-state index contributed by atoms with van der Waals surface area (Å²) in [4.78, 5) is 91.8. The van der Waals surface area contributed by atoms with Crippen molar-refractivity contribution in [2.45, 2.75) is 144 Å². The van der Waals surface area contributed by atoms with E-state index < -0.39 is 105 Å². The zero-order valence-corrected chi connectivity index (χ0v) is 31.8. The lowest BCUT2D eigenvalue weighted by molar-refractivity contribution is -0.228. The molecule has 0 unspecified atom stereocenters. The molecule has 0 amide bonds. The van der Waals surface area contributed by atoms with Crippen molar-refractivity contribution in [2.24, 2.45) is 39.4 Å². The van der Waals surface area contributed by atoms with Crippen molar-refractivity contribution in [3.8, 4) is 0 Å². The van der Waals surface area contributed by atoms with Gasteiger partial charge in [-0.2, -0.15) is 13.2 Å². The van der Waals surface area contributed by atoms with Gasteiger partial charge < -0.3 is 18.9 Å². The zero-order chi connectivity index (χ0) is 39.8. The lowest BCUT2D eigenvalue weighted by Crippen LogP contribution is -2.66. The third kappa shape index (κ3) is 6.60. The molecule has 4 aliphatic carbocycles. The monoisotopic (exact) mass is 740 g/mol. The van der Waals surface area contributed by atoms with E-state index in [9.17, 15) is 46.7 Å². The summed E-state index contributed by atoms with van der Waals surface area (Å²) in [5, 5.41) is 0. The number of hydrogen-bond donors (Lipinski definition) is 0. The summed E-state index contributed by atoms with van der Waals surface area (Å²) in [6, 6.07) is 0. The molecule has 0 aromatic rings. The van der Waals surface area contributed by atoms with E-state index in [1.54, 1.807) is 27.7 Å². The maximum absolute atomic E-state index is 14.9. The Hall–Kier alpha value is -3.58. The van der Waals surface area contributed by atoms with E-state index >= 15 is 0 Å². The molecule has 0 radical (unpaired) electrons. The number of Topliss-reactive ketones (excluding diaryl/α,β-unsaturated/α-hetero) is 3. The summed E-state index contributed by atoms with van der Waals surface area (Å²) in [6.45, 7) is 16.4. The molecule has 0 heterocycles. The molecule has 4 aliphatic rings. The van der Waals surface area contributed by atoms with Gasteiger partial charge in [-0.3, -0.25) is 28.8 Å². The maximum atomic E-state index is 14.9. The smallest absolute Gasteiger partial charge is 0.462 e. The van der Waals surface area contributed by atoms with Crippen molar-refractivity contribution in [1.82, 2.24) is 0 Å². The van der Waals surface area contributed by atoms with Gasteiger partial charge in [0.25, 0.3) is 0 Å². The first-order valence-corrected chi connectivity index (χ1v) is 17.6. The van der Waals surface area contributed by atoms with Crippen LogP contribution in [-0.2, 0) is 52.5 Å². The van der Waals surface area contributed by atoms with Crippen LogP contribution in [0.15, 0.2) is 11.6 Å². The van der Waals surface area contributed by atoms with E-state index in [0.29, 0.717) is 0 Å². The van der Waals surface area contributed by atoms with Gasteiger partial charge in [0, 0.05) is 50.4 Å². The number of rotatable bonds is 9. The van der Waals surface area contributed by atoms with Crippen LogP contribution in [0.2, 0.25) is 0 Å². The Morgan fingerprint density at radius 3 is 1.94 bits per heavy atom. The summed E-state index contributed by atoms with van der Waals surface area (Å²) in [5.74, 6) is -8.73. The zero-order valence-electron chi connectivity index (χ0n) is 31.8. The summed E-state index contributed by atoms with van der Waals surface area (Å²) < 4.78 is 63.5. The van der Waals surface area contributed by atoms with Crippen molar-refractivity contribution in [1.29, 1.82) is 0 Å². The Kier molecular flexibility index (Phi) is 10.4. The molecule has 4 rings (SSSR count). The molecule has 0 saturated heterocycles. The van der Waals surface area contributed by atoms with Gasteiger partial charge >= 0.3 is 30.1 Å². The Morgan fingerprint density at radius 2 is 1.42 bits per heavy atom. The molecule has 0 aliphatic heterocycles. The Morgan fingerprint density at radius 1 is 0.846 bits per heavy atom. The van der Waals surface area contributed by atoms with Crippen LogP contribution < -0.4 is 0 Å². The maximum Gasteiger partial charge on any atom is 0.490 e. The number of hydrogen-bond acceptors (Lipinski definition) is 11. The van der Waals surface area contributed by atoms with Gasteiger partial charge in [0.15, 0.2) is 23.3 Å². The molecule has 290 valence electrons. The lowest BCUT2D eigenvalue weighted by Gasteiger charge is -2.64. The number of alkyl halides is 3. The molecular formula is C38H51F3O11. The van der Waals surface area contributed by atoms with Crippen LogP contribution in [0.4, 0.5) is 13.2 Å². The van der Waals surface area contributed by atoms with Crippen LogP contribution in [-0.4, -0.2) is 70.8 Å². The van der Waals surface area contributed by atoms with Crippen molar-refractivity contribution in [3.05, 3.63) is 11.6 Å². The third-order valence-electron chi connectivity index (χ3n) is 13.0. The molecule has 52 heavy (non-hydrogen) atoms. The molecule has 0 spiro atoms. The topological polar surface area (TPSA) is 156 Å². The minimum Gasteiger partial charge on any atom is -0.462 e. The third-order valence-corrected chi connectivity index (χ3v) is 13.0. The molecule has 11 nitrogen and oxygen atoms in total. The second-order valence-corrected chi connectivity index (χ2v) is 17.1. The Bertz CT molecular complexity index is 1610. The largest absolute Gasteiger partial charge is 0.490 e. The van der Waals surface area contributed by atoms with Crippen molar-refractivity contribution in [3.63, 3.8) is 0 Å². The fraction of sp³-hybridized carbons (Fsp3) is 0.763. The molecule has 9 atom stereocenters. The average Bonchev–Trinajstić information content (AvgIpc) is 3.19. The highest BCUT2D eigenvalue weighted by molar-refractivity contribution is 5.96. The number of esters is 4. The van der Waals surface area contributed by atoms with Crippen LogP contribution in [0.3, 0.4) is 0 Å². The molecule has 0 aromatic carbocycles. The Balaban J connectivity index is 1.90. The van der Waals surface area contributed by atoms with E-state index in [1.165, 1.54) is 27.7 Å². The highest BCUT2D eigenvalue weighted by Gasteiger charge is 2.76. The summed E-state index contributed by atoms with van der Waals surface area (Å²) >= 11 is 0. The van der Waals surface area contributed by atoms with Gasteiger partial charge in [0.2, 0.25) is 0 Å². The first-order valence-electron chi connectivity index (χ1n) is 17.6. The van der Waals surface area contributed by atoms with Gasteiger partial charge in [-0.25, -0.2) is 4.79 Å². The Labute approximate surface area is 302 Å². The van der Waals surface area contributed by atoms with Gasteiger partial charge in [0.05, 0.1) is 0 Å². The number of carbonyl (C=O) groups excluding carboxylic acids is 7. The normalized spacial score (nSPS) is 35.1. The SMILES string of the molecule is CC(=O)O[C@H]1C[C@@H]2C(=CC[C@@H]3[C@@]2(C)C(=O)C[C@]2(C)[C@@H]([C@@](C)(OC(=O)C(F)(F)F)C(=O)CCC(C)(C)OC(C)=O)[C@H](OC(C)=O)C[C@@]32C)C(C)(C)C1=O. The van der Waals surface area contributed by atoms with Crippen LogP contribution in [0, 0.1) is 39.4 Å². The number of allylic oxidation sites excluding steroid dienone is 2. The van der Waals surface area contributed by atoms with Crippen molar-refractivity contribution < 1.29 is 65.7 Å². The number of ketones is 3. The molecule has 0 N–H and O–H groups in total. The van der Waals surface area contributed by atoms with Gasteiger partial charge in [-0.15, -0.1) is 0 Å². The van der Waals surface area contributed by atoms with Crippen LogP contribution in [0.5, 0.6) is 0 Å². The highest BCUT2D eigenvalue weighted by atomic mass is 19.4. The number of halogens is 3. The van der Waals surface area contributed by atoms with E-state index in [0.717, 1.165) is 19.4 Å². The van der Waals surface area contributed by atoms with Crippen LogP contribution in [0.1, 0.15) is 115 Å². The highest BCUT2D eigenvalue weighted by Crippen LogP contribution is 2.74. The quantitative estimate of drug-likeness (QED) is 0.156. The minimum atomic E-state index is -5.49. The fourth-order valence-electron chi connectivity index (χ4n) is 10.6. The fourth-order valence-corrected chi connectivity index (χ4v) is 10.6. The molecule has 3 fully saturated rings. The van der Waals surface area contributed by atoms with E-state index in [1.807, 2.05) is 13.0 Å². The summed E-state index contributed by atoms with van der Waals surface area (Å²) in [5.41, 5.74) is -7.68. The molecule has 14 heteroatoms. The predicted octanol–water partition coefficient (Wildman–Crippen LogP) is 5.98. The van der Waals surface area contributed by atoms with Crippen LogP contribution >= 0.6 is 0 Å². The van der Waals surface area contributed by atoms with Crippen LogP contribution in [0.25, 0.3) is 0 Å². The number of fused-ring (bicyclic) bond motifs is 5. The van der Waals surface area contributed by atoms with Gasteiger partial charge in [-0.05, 0) is 83.0 Å². The standard InChI is InChI=1S/C38H51F3O11/c1-19(42)49-24-16-23-22(33(6,7)30(24)47)12-13-26-34(8)17-25(50-20(2)43)29(35(34,9)18-28(46)36(23,26)10)37(11,52-31(48)38(39,40)41)27(45)14-15-32(4,5)51-21(3)44/h12,23-26,29H,13-18H2,1-11H3/t23-,24+,25-,26+,29+,34+,35-,36+,37+/m1/s1. The number of ether oxygens (including phenoxy) is 4. The van der Waals surface area contributed by atoms with E-state index in [2.05, 4.69) is 0 Å². The average molecular weight is 741 g/mol. The molecule has 0 aromatic heterocycles. The first-order chi connectivity index (χ1) is 23.5. The minimum absolute atomic E-state index is 0.0122. The second kappa shape index (κ2) is 13.1. The molecule has 0 bridgehead atoms.